The lowest BCUT2D eigenvalue weighted by Crippen LogP contribution is -2.28. The minimum absolute atomic E-state index is 0.0448. The third-order valence-electron chi connectivity index (χ3n) is 4.87. The number of rotatable bonds is 10. The Morgan fingerprint density at radius 2 is 1.88 bits per heavy atom. The molecule has 9 heteroatoms. The molecule has 0 fully saturated rings. The molecule has 0 bridgehead atoms. The van der Waals surface area contributed by atoms with Gasteiger partial charge in [-0.05, 0) is 42.7 Å². The summed E-state index contributed by atoms with van der Waals surface area (Å²) in [4.78, 5) is 29.1. The molecule has 0 aliphatic carbocycles. The SMILES string of the molecule is COc1cc(C(C)NC(=O)Cc2csc(NC(=O)c3ccccc3F)n2)ccc1OCC(C)C. The Bertz CT molecular complexity index is 1150. The summed E-state index contributed by atoms with van der Waals surface area (Å²) in [6.45, 7) is 6.60. The standard InChI is InChI=1S/C25H28FN3O4S/c1-15(2)13-33-21-10-9-17(11-22(21)32-4)16(3)27-23(30)12-18-14-34-25(28-18)29-24(31)19-7-5-6-8-20(19)26/h5-11,14-16H,12-13H2,1-4H3,(H,27,30)(H,28,29,31). The van der Waals surface area contributed by atoms with E-state index in [0.717, 1.165) is 5.56 Å². The summed E-state index contributed by atoms with van der Waals surface area (Å²) in [5.41, 5.74) is 1.31. The number of aromatic nitrogens is 1. The minimum atomic E-state index is -0.610. The molecular weight excluding hydrogens is 457 g/mol. The highest BCUT2D eigenvalue weighted by atomic mass is 32.1. The molecule has 1 heterocycles. The quantitative estimate of drug-likeness (QED) is 0.422. The van der Waals surface area contributed by atoms with Crippen LogP contribution in [0.25, 0.3) is 0 Å². The van der Waals surface area contributed by atoms with Gasteiger partial charge >= 0.3 is 0 Å². The lowest BCUT2D eigenvalue weighted by atomic mass is 10.1. The van der Waals surface area contributed by atoms with Crippen LogP contribution in [-0.2, 0) is 11.2 Å². The number of amides is 2. The van der Waals surface area contributed by atoms with Gasteiger partial charge in [-0.25, -0.2) is 9.37 Å². The summed E-state index contributed by atoms with van der Waals surface area (Å²) in [6, 6.07) is 11.0. The zero-order chi connectivity index (χ0) is 24.7. The summed E-state index contributed by atoms with van der Waals surface area (Å²) in [6.07, 6.45) is 0.0448. The first-order valence-electron chi connectivity index (χ1n) is 10.9. The number of nitrogens with zero attached hydrogens (tertiary/aromatic N) is 1. The maximum atomic E-state index is 13.8. The number of hydrogen-bond acceptors (Lipinski definition) is 6. The molecule has 2 N–H and O–H groups in total. The number of carbonyl (C=O) groups is 2. The van der Waals surface area contributed by atoms with Gasteiger partial charge in [-0.3, -0.25) is 14.9 Å². The van der Waals surface area contributed by atoms with Gasteiger partial charge in [-0.15, -0.1) is 11.3 Å². The fourth-order valence-corrected chi connectivity index (χ4v) is 3.83. The van der Waals surface area contributed by atoms with Crippen LogP contribution in [0, 0.1) is 11.7 Å². The number of nitrogens with one attached hydrogen (secondary N) is 2. The van der Waals surface area contributed by atoms with Crippen molar-refractivity contribution in [2.24, 2.45) is 5.92 Å². The number of thiazole rings is 1. The van der Waals surface area contributed by atoms with Crippen molar-refractivity contribution in [3.8, 4) is 11.5 Å². The molecule has 1 atom stereocenters. The maximum Gasteiger partial charge on any atom is 0.260 e. The normalized spacial score (nSPS) is 11.7. The highest BCUT2D eigenvalue weighted by Crippen LogP contribution is 2.30. The van der Waals surface area contributed by atoms with Gasteiger partial charge in [0.25, 0.3) is 5.91 Å². The molecule has 3 rings (SSSR count). The van der Waals surface area contributed by atoms with Crippen molar-refractivity contribution in [2.75, 3.05) is 19.0 Å². The number of hydrogen-bond donors (Lipinski definition) is 2. The van der Waals surface area contributed by atoms with Crippen LogP contribution in [0.3, 0.4) is 0 Å². The Balaban J connectivity index is 1.57. The maximum absolute atomic E-state index is 13.8. The zero-order valence-electron chi connectivity index (χ0n) is 19.6. The number of methoxy groups -OCH3 is 1. The second-order valence-corrected chi connectivity index (χ2v) is 9.02. The molecule has 1 unspecified atom stereocenters. The highest BCUT2D eigenvalue weighted by Gasteiger charge is 2.16. The smallest absolute Gasteiger partial charge is 0.260 e. The molecule has 0 radical (unpaired) electrons. The third kappa shape index (κ3) is 6.77. The number of carbonyl (C=O) groups excluding carboxylic acids is 2. The van der Waals surface area contributed by atoms with E-state index in [1.165, 1.54) is 29.5 Å². The fraction of sp³-hybridized carbons (Fsp3) is 0.320. The Morgan fingerprint density at radius 3 is 2.59 bits per heavy atom. The molecule has 0 aliphatic heterocycles. The van der Waals surface area contributed by atoms with E-state index >= 15 is 0 Å². The largest absolute Gasteiger partial charge is 0.493 e. The van der Waals surface area contributed by atoms with Crippen molar-refractivity contribution in [1.29, 1.82) is 0 Å². The first-order valence-corrected chi connectivity index (χ1v) is 11.7. The number of ether oxygens (including phenoxy) is 2. The molecule has 3 aromatic rings. The zero-order valence-corrected chi connectivity index (χ0v) is 20.4. The van der Waals surface area contributed by atoms with Crippen LogP contribution < -0.4 is 20.1 Å². The van der Waals surface area contributed by atoms with Crippen molar-refractivity contribution in [3.05, 3.63) is 70.5 Å². The molecule has 0 spiro atoms. The van der Waals surface area contributed by atoms with Gasteiger partial charge in [-0.2, -0.15) is 0 Å². The van der Waals surface area contributed by atoms with Crippen LogP contribution in [0.2, 0.25) is 0 Å². The summed E-state index contributed by atoms with van der Waals surface area (Å²) in [5, 5.41) is 7.49. The topological polar surface area (TPSA) is 89.6 Å². The van der Waals surface area contributed by atoms with E-state index in [-0.39, 0.29) is 23.9 Å². The van der Waals surface area contributed by atoms with Gasteiger partial charge in [0.15, 0.2) is 16.6 Å². The Hall–Kier alpha value is -3.46. The molecule has 2 aromatic carbocycles. The van der Waals surface area contributed by atoms with Crippen molar-refractivity contribution >= 4 is 28.3 Å². The molecule has 34 heavy (non-hydrogen) atoms. The second kappa shape index (κ2) is 11.6. The molecule has 0 saturated carbocycles. The summed E-state index contributed by atoms with van der Waals surface area (Å²) in [5.74, 6) is 0.235. The predicted molar refractivity (Wildman–Crippen MR) is 130 cm³/mol. The first-order chi connectivity index (χ1) is 16.3. The molecular formula is C25H28FN3O4S. The van der Waals surface area contributed by atoms with Gasteiger partial charge < -0.3 is 14.8 Å². The lowest BCUT2D eigenvalue weighted by molar-refractivity contribution is -0.121. The predicted octanol–water partition coefficient (Wildman–Crippen LogP) is 5.00. The Kier molecular flexibility index (Phi) is 8.59. The molecule has 0 aliphatic rings. The van der Waals surface area contributed by atoms with E-state index in [1.807, 2.05) is 25.1 Å². The fourth-order valence-electron chi connectivity index (χ4n) is 3.12. The Morgan fingerprint density at radius 1 is 1.12 bits per heavy atom. The second-order valence-electron chi connectivity index (χ2n) is 8.16. The molecule has 180 valence electrons. The van der Waals surface area contributed by atoms with Crippen LogP contribution >= 0.6 is 11.3 Å². The molecule has 1 aromatic heterocycles. The van der Waals surface area contributed by atoms with E-state index in [4.69, 9.17) is 9.47 Å². The van der Waals surface area contributed by atoms with Crippen LogP contribution in [0.4, 0.5) is 9.52 Å². The average Bonchev–Trinajstić information content (AvgIpc) is 3.23. The van der Waals surface area contributed by atoms with Gasteiger partial charge in [-0.1, -0.05) is 32.0 Å². The molecule has 0 saturated heterocycles. The number of halogens is 1. The first kappa shape index (κ1) is 25.2. The van der Waals surface area contributed by atoms with Gasteiger partial charge in [0.05, 0.1) is 37.4 Å². The minimum Gasteiger partial charge on any atom is -0.493 e. The van der Waals surface area contributed by atoms with E-state index in [2.05, 4.69) is 29.5 Å². The van der Waals surface area contributed by atoms with Gasteiger partial charge in [0.1, 0.15) is 5.82 Å². The van der Waals surface area contributed by atoms with Crippen molar-refractivity contribution in [2.45, 2.75) is 33.2 Å². The van der Waals surface area contributed by atoms with E-state index < -0.39 is 11.7 Å². The van der Waals surface area contributed by atoms with Crippen LogP contribution in [-0.4, -0.2) is 30.5 Å². The number of benzene rings is 2. The van der Waals surface area contributed by atoms with Gasteiger partial charge in [0, 0.05) is 5.38 Å². The van der Waals surface area contributed by atoms with E-state index in [1.54, 1.807) is 18.6 Å². The van der Waals surface area contributed by atoms with Crippen molar-refractivity contribution in [3.63, 3.8) is 0 Å². The van der Waals surface area contributed by atoms with E-state index in [9.17, 15) is 14.0 Å². The van der Waals surface area contributed by atoms with Crippen LogP contribution in [0.5, 0.6) is 11.5 Å². The summed E-state index contributed by atoms with van der Waals surface area (Å²) in [7, 11) is 1.58. The monoisotopic (exact) mass is 485 g/mol. The Labute approximate surface area is 202 Å². The third-order valence-corrected chi connectivity index (χ3v) is 5.68. The molecule has 2 amide bonds. The summed E-state index contributed by atoms with van der Waals surface area (Å²) < 4.78 is 25.0. The lowest BCUT2D eigenvalue weighted by Gasteiger charge is -2.17. The molecule has 7 nitrogen and oxygen atoms in total. The summed E-state index contributed by atoms with van der Waals surface area (Å²) >= 11 is 1.17. The van der Waals surface area contributed by atoms with Crippen molar-refractivity contribution in [1.82, 2.24) is 10.3 Å². The van der Waals surface area contributed by atoms with E-state index in [0.29, 0.717) is 34.8 Å². The van der Waals surface area contributed by atoms with Crippen LogP contribution in [0.15, 0.2) is 47.8 Å². The van der Waals surface area contributed by atoms with Gasteiger partial charge in [0.2, 0.25) is 5.91 Å². The van der Waals surface area contributed by atoms with Crippen LogP contribution in [0.1, 0.15) is 48.4 Å². The number of anilines is 1. The van der Waals surface area contributed by atoms with Crippen molar-refractivity contribution < 1.29 is 23.5 Å². The highest BCUT2D eigenvalue weighted by molar-refractivity contribution is 7.14. The average molecular weight is 486 g/mol.